The fourth-order valence-electron chi connectivity index (χ4n) is 3.76. The molecule has 0 saturated carbocycles. The summed E-state index contributed by atoms with van der Waals surface area (Å²) in [5.74, 6) is 0.120. The molecule has 1 aromatic heterocycles. The zero-order chi connectivity index (χ0) is 21.6. The average molecular weight is 408 g/mol. The second-order valence-electron chi connectivity index (χ2n) is 8.86. The van der Waals surface area contributed by atoms with Crippen molar-refractivity contribution in [3.8, 4) is 5.88 Å². The zero-order valence-corrected chi connectivity index (χ0v) is 17.4. The number of ether oxygens (including phenoxy) is 2. The first-order chi connectivity index (χ1) is 13.4. The van der Waals surface area contributed by atoms with E-state index in [9.17, 15) is 20.0 Å². The minimum Gasteiger partial charge on any atom is -0.477 e. The lowest BCUT2D eigenvalue weighted by atomic mass is 9.79. The molecule has 3 rings (SSSR count). The van der Waals surface area contributed by atoms with Crippen molar-refractivity contribution in [3.63, 3.8) is 0 Å². The smallest absolute Gasteiger partial charge is 0.408 e. The molecule has 0 unspecified atom stereocenters. The van der Waals surface area contributed by atoms with Gasteiger partial charge in [0.2, 0.25) is 5.88 Å². The fraction of sp³-hybridized carbons (Fsp3) is 0.684. The number of rotatable bonds is 3. The number of pyridine rings is 1. The van der Waals surface area contributed by atoms with Crippen LogP contribution in [0.5, 0.6) is 5.88 Å². The number of nitrogens with zero attached hydrogens (tertiary/aromatic N) is 3. The Labute approximate surface area is 169 Å². The van der Waals surface area contributed by atoms with Gasteiger partial charge in [0.25, 0.3) is 0 Å². The van der Waals surface area contributed by atoms with Crippen molar-refractivity contribution >= 4 is 17.5 Å². The number of piperidine rings is 1. The molecule has 0 aliphatic carbocycles. The van der Waals surface area contributed by atoms with Gasteiger partial charge >= 0.3 is 11.8 Å². The van der Waals surface area contributed by atoms with Gasteiger partial charge in [-0.25, -0.2) is 9.78 Å². The number of hydrogen-bond acceptors (Lipinski definition) is 8. The van der Waals surface area contributed by atoms with Gasteiger partial charge in [-0.15, -0.1) is 0 Å². The number of hydrogen-bond donors (Lipinski definition) is 2. The van der Waals surface area contributed by atoms with Crippen LogP contribution in [0.2, 0.25) is 0 Å². The Hall–Kier alpha value is -2.62. The number of aromatic nitrogens is 1. The van der Waals surface area contributed by atoms with Gasteiger partial charge in [-0.2, -0.15) is 0 Å². The number of carbonyl (C=O) groups excluding carboxylic acids is 1. The maximum Gasteiger partial charge on any atom is 0.408 e. The quantitative estimate of drug-likeness (QED) is 0.574. The molecule has 2 N–H and O–H groups in total. The lowest BCUT2D eigenvalue weighted by Crippen LogP contribution is -2.65. The molecule has 1 amide bonds. The van der Waals surface area contributed by atoms with E-state index in [1.54, 1.807) is 27.7 Å². The molecule has 1 saturated heterocycles. The summed E-state index contributed by atoms with van der Waals surface area (Å²) in [6, 6.07) is -0.688. The van der Waals surface area contributed by atoms with Crippen molar-refractivity contribution in [2.45, 2.75) is 58.3 Å². The lowest BCUT2D eigenvalue weighted by molar-refractivity contribution is -0.384. The maximum atomic E-state index is 12.3. The number of nitrogens with one attached hydrogen (secondary N) is 1. The van der Waals surface area contributed by atoms with Crippen molar-refractivity contribution < 1.29 is 24.3 Å². The van der Waals surface area contributed by atoms with Crippen LogP contribution in [0.4, 0.5) is 16.2 Å². The maximum absolute atomic E-state index is 12.3. The van der Waals surface area contributed by atoms with Crippen LogP contribution in [0, 0.1) is 16.0 Å². The van der Waals surface area contributed by atoms with E-state index in [2.05, 4.69) is 10.3 Å². The number of aliphatic hydroxyl groups is 1. The first-order valence-electron chi connectivity index (χ1n) is 9.66. The third-order valence-corrected chi connectivity index (χ3v) is 5.49. The summed E-state index contributed by atoms with van der Waals surface area (Å²) in [5, 5.41) is 25.4. The molecule has 160 valence electrons. The highest BCUT2D eigenvalue weighted by Gasteiger charge is 2.46. The molecule has 0 radical (unpaired) electrons. The Balaban J connectivity index is 1.93. The van der Waals surface area contributed by atoms with Crippen molar-refractivity contribution in [2.75, 3.05) is 24.6 Å². The van der Waals surface area contributed by atoms with Gasteiger partial charge in [-0.3, -0.25) is 10.1 Å². The monoisotopic (exact) mass is 408 g/mol. The van der Waals surface area contributed by atoms with E-state index in [1.807, 2.05) is 11.8 Å². The second kappa shape index (κ2) is 7.33. The topological polar surface area (TPSA) is 127 Å². The van der Waals surface area contributed by atoms with Crippen LogP contribution in [-0.4, -0.2) is 58.0 Å². The number of nitro groups is 1. The highest BCUT2D eigenvalue weighted by atomic mass is 16.6. The highest BCUT2D eigenvalue weighted by molar-refractivity contribution is 5.72. The molecule has 3 atom stereocenters. The SMILES string of the molecule is C[C@@H]1CN(c2c([N+](=O)[O-])cnc3c2CCO3)C[C@@H](NC(=O)OC(C)(C)C)[C@]1(C)O. The van der Waals surface area contributed by atoms with Crippen LogP contribution in [0.15, 0.2) is 6.20 Å². The molecular formula is C19H28N4O6. The van der Waals surface area contributed by atoms with E-state index in [4.69, 9.17) is 9.47 Å². The molecule has 3 heterocycles. The van der Waals surface area contributed by atoms with Crippen LogP contribution < -0.4 is 15.0 Å². The lowest BCUT2D eigenvalue weighted by Gasteiger charge is -2.47. The van der Waals surface area contributed by atoms with E-state index in [1.165, 1.54) is 6.20 Å². The van der Waals surface area contributed by atoms with E-state index < -0.39 is 28.3 Å². The molecular weight excluding hydrogens is 380 g/mol. The Morgan fingerprint density at radius 2 is 2.17 bits per heavy atom. The van der Waals surface area contributed by atoms with Crippen LogP contribution in [0.1, 0.15) is 40.2 Å². The normalized spacial score (nSPS) is 26.5. The minimum atomic E-state index is -1.21. The van der Waals surface area contributed by atoms with Gasteiger partial charge in [-0.05, 0) is 27.7 Å². The molecule has 2 aliphatic rings. The summed E-state index contributed by atoms with van der Waals surface area (Å²) in [5.41, 5.74) is -0.883. The van der Waals surface area contributed by atoms with Crippen molar-refractivity contribution in [1.29, 1.82) is 0 Å². The summed E-state index contributed by atoms with van der Waals surface area (Å²) in [4.78, 5) is 29.4. The Morgan fingerprint density at radius 3 is 2.79 bits per heavy atom. The third-order valence-electron chi connectivity index (χ3n) is 5.49. The fourth-order valence-corrected chi connectivity index (χ4v) is 3.76. The molecule has 1 fully saturated rings. The number of fused-ring (bicyclic) bond motifs is 1. The van der Waals surface area contributed by atoms with Gasteiger partial charge in [0.1, 0.15) is 17.5 Å². The number of alkyl carbamates (subject to hydrolysis) is 1. The summed E-state index contributed by atoms with van der Waals surface area (Å²) >= 11 is 0. The third kappa shape index (κ3) is 4.21. The number of anilines is 1. The molecule has 2 aliphatic heterocycles. The minimum absolute atomic E-state index is 0.112. The van der Waals surface area contributed by atoms with E-state index >= 15 is 0 Å². The van der Waals surface area contributed by atoms with E-state index in [-0.39, 0.29) is 18.2 Å². The van der Waals surface area contributed by atoms with Gasteiger partial charge in [0, 0.05) is 31.0 Å². The van der Waals surface area contributed by atoms with Crippen LogP contribution >= 0.6 is 0 Å². The van der Waals surface area contributed by atoms with Crippen LogP contribution in [0.25, 0.3) is 0 Å². The first kappa shape index (κ1) is 21.1. The predicted molar refractivity (Wildman–Crippen MR) is 105 cm³/mol. The van der Waals surface area contributed by atoms with Crippen molar-refractivity contribution in [2.24, 2.45) is 5.92 Å². The standard InChI is InChI=1S/C19H28N4O6/c1-11-9-22(10-14(19(11,5)25)21-17(24)29-18(2,3)4)15-12-6-7-28-16(12)20-8-13(15)23(26)27/h8,11,14,25H,6-7,9-10H2,1-5H3,(H,21,24)/t11-,14-,19-/m1/s1. The average Bonchev–Trinajstić information content (AvgIpc) is 3.05. The zero-order valence-electron chi connectivity index (χ0n) is 17.4. The van der Waals surface area contributed by atoms with Crippen molar-refractivity contribution in [1.82, 2.24) is 10.3 Å². The summed E-state index contributed by atoms with van der Waals surface area (Å²) in [6.07, 6.45) is 1.08. The van der Waals surface area contributed by atoms with Gasteiger partial charge < -0.3 is 24.8 Å². The number of amides is 1. The highest BCUT2D eigenvalue weighted by Crippen LogP contribution is 2.42. The summed E-state index contributed by atoms with van der Waals surface area (Å²) in [7, 11) is 0. The predicted octanol–water partition coefficient (Wildman–Crippen LogP) is 2.03. The molecule has 10 nitrogen and oxygen atoms in total. The molecule has 1 aromatic rings. The Morgan fingerprint density at radius 1 is 1.48 bits per heavy atom. The Kier molecular flexibility index (Phi) is 5.33. The summed E-state index contributed by atoms with van der Waals surface area (Å²) in [6.45, 7) is 9.76. The van der Waals surface area contributed by atoms with Gasteiger partial charge in [0.05, 0.1) is 23.2 Å². The molecule has 0 spiro atoms. The summed E-state index contributed by atoms with van der Waals surface area (Å²) < 4.78 is 10.8. The first-order valence-corrected chi connectivity index (χ1v) is 9.66. The van der Waals surface area contributed by atoms with Crippen LogP contribution in [0.3, 0.4) is 0 Å². The molecule has 0 aromatic carbocycles. The van der Waals surface area contributed by atoms with Gasteiger partial charge in [-0.1, -0.05) is 6.92 Å². The van der Waals surface area contributed by atoms with E-state index in [0.29, 0.717) is 36.7 Å². The van der Waals surface area contributed by atoms with Crippen LogP contribution in [-0.2, 0) is 11.2 Å². The number of carbonyl (C=O) groups is 1. The van der Waals surface area contributed by atoms with Gasteiger partial charge in [0.15, 0.2) is 0 Å². The molecule has 29 heavy (non-hydrogen) atoms. The molecule has 0 bridgehead atoms. The van der Waals surface area contributed by atoms with Crippen molar-refractivity contribution in [3.05, 3.63) is 21.9 Å². The second-order valence-corrected chi connectivity index (χ2v) is 8.86. The Bertz CT molecular complexity index is 820. The largest absolute Gasteiger partial charge is 0.477 e. The van der Waals surface area contributed by atoms with E-state index in [0.717, 1.165) is 0 Å². The molecule has 10 heteroatoms.